The lowest BCUT2D eigenvalue weighted by molar-refractivity contribution is -0.0433. The molecule has 1 radical (unpaired) electrons. The van der Waals surface area contributed by atoms with E-state index in [1.165, 1.54) is 5.17 Å². The summed E-state index contributed by atoms with van der Waals surface area (Å²) in [5, 5.41) is 1.46. The van der Waals surface area contributed by atoms with Crippen LogP contribution in [0.1, 0.15) is 5.56 Å². The highest BCUT2D eigenvalue weighted by molar-refractivity contribution is 5.53. The lowest BCUT2D eigenvalue weighted by Crippen LogP contribution is -2.33. The number of para-hydroxylation sites is 1. The van der Waals surface area contributed by atoms with E-state index in [2.05, 4.69) is 5.43 Å². The fraction of sp³-hybridized carbons (Fsp3) is 0.0909. The van der Waals surface area contributed by atoms with Gasteiger partial charge in [0.2, 0.25) is 0 Å². The molecule has 1 heterocycles. The number of hydrogen-bond donors (Lipinski definition) is 1. The van der Waals surface area contributed by atoms with Crippen LogP contribution in [-0.4, -0.2) is 5.17 Å². The van der Waals surface area contributed by atoms with E-state index < -0.39 is 0 Å². The molecule has 0 aromatic heterocycles. The molecule has 15 heavy (non-hydrogen) atoms. The third kappa shape index (κ3) is 2.04. The molecule has 0 bridgehead atoms. The van der Waals surface area contributed by atoms with Crippen LogP contribution in [0.3, 0.4) is 0 Å². The first-order chi connectivity index (χ1) is 7.27. The van der Waals surface area contributed by atoms with Crippen molar-refractivity contribution in [2.75, 3.05) is 0 Å². The van der Waals surface area contributed by atoms with Gasteiger partial charge >= 0.3 is 0 Å². The van der Waals surface area contributed by atoms with Gasteiger partial charge in [0, 0.05) is 6.20 Å². The van der Waals surface area contributed by atoms with Crippen LogP contribution in [0, 0.1) is 6.92 Å². The van der Waals surface area contributed by atoms with Crippen molar-refractivity contribution in [3.8, 4) is 5.75 Å². The highest BCUT2D eigenvalue weighted by atomic mass is 16.7. The van der Waals surface area contributed by atoms with E-state index in [-0.39, 0.29) is 0 Å². The number of aryl methyl sites for hydroxylation is 1. The maximum atomic E-state index is 7.71. The van der Waals surface area contributed by atoms with Crippen molar-refractivity contribution in [1.29, 1.82) is 0 Å². The Hall–Kier alpha value is -2.10. The second-order valence-corrected chi connectivity index (χ2v) is 3.20. The molecule has 0 aliphatic carbocycles. The molecule has 1 aliphatic rings. The third-order valence-electron chi connectivity index (χ3n) is 2.03. The Balaban J connectivity index is 2.17. The number of nitrogens with one attached hydrogen (secondary N) is 2. The minimum absolute atomic E-state index is 0.375. The van der Waals surface area contributed by atoms with Crippen LogP contribution < -0.4 is 16.0 Å². The molecule has 0 saturated carbocycles. The number of hydroxylamine groups is 1. The average Bonchev–Trinajstić information content (AvgIpc) is 2.25. The van der Waals surface area contributed by atoms with Gasteiger partial charge in [-0.25, -0.2) is 0 Å². The highest BCUT2D eigenvalue weighted by Gasteiger charge is 2.08. The van der Waals surface area contributed by atoms with Gasteiger partial charge in [0.15, 0.2) is 5.75 Å². The van der Waals surface area contributed by atoms with Gasteiger partial charge in [0.25, 0.3) is 0 Å². The molecule has 1 aromatic rings. The molecule has 0 fully saturated rings. The van der Waals surface area contributed by atoms with E-state index in [1.54, 1.807) is 18.5 Å². The molecule has 0 saturated heterocycles. The molecular weight excluding hydrogens is 190 g/mol. The first-order valence-corrected chi connectivity index (χ1v) is 4.65. The van der Waals surface area contributed by atoms with Crippen LogP contribution in [0.5, 0.6) is 5.75 Å². The summed E-state index contributed by atoms with van der Waals surface area (Å²) in [6, 6.07) is 5.45. The van der Waals surface area contributed by atoms with Gasteiger partial charge in [0.05, 0.1) is 11.9 Å². The van der Waals surface area contributed by atoms with Gasteiger partial charge in [-0.3, -0.25) is 11.2 Å². The zero-order valence-corrected chi connectivity index (χ0v) is 8.40. The standard InChI is InChI=1S/C11H12N3O/c1-9-5-4-6-10(12)11(9)15-14-8-3-2-7-13-14/h2-8,12-13H,1H3. The van der Waals surface area contributed by atoms with E-state index in [9.17, 15) is 0 Å². The van der Waals surface area contributed by atoms with Gasteiger partial charge in [-0.1, -0.05) is 12.1 Å². The van der Waals surface area contributed by atoms with Crippen LogP contribution in [-0.2, 0) is 0 Å². The van der Waals surface area contributed by atoms with Gasteiger partial charge in [-0.15, -0.1) is 5.17 Å². The van der Waals surface area contributed by atoms with Crippen LogP contribution >= 0.6 is 0 Å². The second kappa shape index (κ2) is 3.96. The summed E-state index contributed by atoms with van der Waals surface area (Å²) in [7, 11) is 0. The SMILES string of the molecule is Cc1cccc([NH])c1ON1C=CC=CN1. The predicted molar refractivity (Wildman–Crippen MR) is 57.8 cm³/mol. The Morgan fingerprint density at radius 1 is 1.33 bits per heavy atom. The highest BCUT2D eigenvalue weighted by Crippen LogP contribution is 2.27. The molecule has 0 atom stereocenters. The first kappa shape index (κ1) is 9.45. The van der Waals surface area contributed by atoms with Gasteiger partial charge in [-0.2, -0.15) is 0 Å². The van der Waals surface area contributed by atoms with Gasteiger partial charge < -0.3 is 4.84 Å². The Morgan fingerprint density at radius 2 is 2.20 bits per heavy atom. The van der Waals surface area contributed by atoms with Crippen molar-refractivity contribution in [3.05, 3.63) is 48.3 Å². The quantitative estimate of drug-likeness (QED) is 0.798. The summed E-state index contributed by atoms with van der Waals surface area (Å²) < 4.78 is 0. The molecular formula is C11H12N3O. The number of hydrogen-bond acceptors (Lipinski definition) is 3. The van der Waals surface area contributed by atoms with Crippen LogP contribution in [0.15, 0.2) is 42.8 Å². The zero-order valence-electron chi connectivity index (χ0n) is 8.40. The zero-order chi connectivity index (χ0) is 10.7. The molecule has 0 amide bonds. The summed E-state index contributed by atoms with van der Waals surface area (Å²) >= 11 is 0. The number of rotatable bonds is 2. The van der Waals surface area contributed by atoms with E-state index in [1.807, 2.05) is 31.2 Å². The van der Waals surface area contributed by atoms with Crippen LogP contribution in [0.25, 0.3) is 0 Å². The molecule has 2 N–H and O–H groups in total. The topological polar surface area (TPSA) is 48.3 Å². The number of allylic oxidation sites excluding steroid dienone is 2. The van der Waals surface area contributed by atoms with E-state index in [0.717, 1.165) is 5.56 Å². The molecule has 4 nitrogen and oxygen atoms in total. The van der Waals surface area contributed by atoms with Crippen molar-refractivity contribution in [1.82, 2.24) is 16.3 Å². The van der Waals surface area contributed by atoms with Gasteiger partial charge in [-0.05, 0) is 30.7 Å². The van der Waals surface area contributed by atoms with Crippen molar-refractivity contribution >= 4 is 5.69 Å². The minimum Gasteiger partial charge on any atom is -0.357 e. The predicted octanol–water partition coefficient (Wildman–Crippen LogP) is 2.05. The van der Waals surface area contributed by atoms with E-state index >= 15 is 0 Å². The fourth-order valence-electron chi connectivity index (χ4n) is 1.27. The smallest absolute Gasteiger partial charge is 0.185 e. The Morgan fingerprint density at radius 3 is 2.87 bits per heavy atom. The third-order valence-corrected chi connectivity index (χ3v) is 2.03. The molecule has 1 aromatic carbocycles. The lowest BCUT2D eigenvalue weighted by Gasteiger charge is -2.22. The maximum absolute atomic E-state index is 7.71. The summed E-state index contributed by atoms with van der Waals surface area (Å²) in [5.41, 5.74) is 11.9. The monoisotopic (exact) mass is 202 g/mol. The number of benzene rings is 1. The van der Waals surface area contributed by atoms with E-state index in [4.69, 9.17) is 10.6 Å². The molecule has 4 heteroatoms. The summed E-state index contributed by atoms with van der Waals surface area (Å²) in [4.78, 5) is 5.51. The lowest BCUT2D eigenvalue weighted by atomic mass is 10.2. The minimum atomic E-state index is 0.375. The second-order valence-electron chi connectivity index (χ2n) is 3.20. The molecule has 1 aliphatic heterocycles. The molecule has 0 spiro atoms. The van der Waals surface area contributed by atoms with Crippen LogP contribution in [0.4, 0.5) is 5.69 Å². The number of nitrogens with zero attached hydrogens (tertiary/aromatic N) is 1. The summed E-state index contributed by atoms with van der Waals surface area (Å²) in [5.74, 6) is 0.560. The van der Waals surface area contributed by atoms with Crippen molar-refractivity contribution < 1.29 is 4.84 Å². The number of hydrazine groups is 1. The summed E-state index contributed by atoms with van der Waals surface area (Å²) in [6.45, 7) is 1.91. The molecule has 2 rings (SSSR count). The normalized spacial score (nSPS) is 13.8. The van der Waals surface area contributed by atoms with Crippen molar-refractivity contribution in [2.24, 2.45) is 0 Å². The van der Waals surface area contributed by atoms with Crippen molar-refractivity contribution in [3.63, 3.8) is 0 Å². The largest absolute Gasteiger partial charge is 0.357 e. The first-order valence-electron chi connectivity index (χ1n) is 4.65. The Kier molecular flexibility index (Phi) is 2.49. The van der Waals surface area contributed by atoms with Crippen molar-refractivity contribution in [2.45, 2.75) is 6.92 Å². The fourth-order valence-corrected chi connectivity index (χ4v) is 1.27. The maximum Gasteiger partial charge on any atom is 0.185 e. The van der Waals surface area contributed by atoms with Gasteiger partial charge in [0.1, 0.15) is 0 Å². The Bertz CT molecular complexity index is 392. The summed E-state index contributed by atoms with van der Waals surface area (Å²) in [6.07, 6.45) is 7.20. The van der Waals surface area contributed by atoms with E-state index in [0.29, 0.717) is 11.4 Å². The van der Waals surface area contributed by atoms with Crippen LogP contribution in [0.2, 0.25) is 0 Å². The average molecular weight is 202 g/mol. The molecule has 77 valence electrons. The Labute approximate surface area is 88.6 Å². The molecule has 0 unspecified atom stereocenters.